The molecule has 0 aromatic heterocycles. The van der Waals surface area contributed by atoms with Crippen molar-refractivity contribution in [1.82, 2.24) is 5.32 Å². The molecule has 0 heterocycles. The van der Waals surface area contributed by atoms with Crippen LogP contribution < -0.4 is 5.32 Å². The fourth-order valence-corrected chi connectivity index (χ4v) is 9.49. The Morgan fingerprint density at radius 3 is 1.18 bits per heavy atom. The molecule has 388 valence electrons. The van der Waals surface area contributed by atoms with Gasteiger partial charge in [0.25, 0.3) is 0 Å². The molecule has 3 N–H and O–H groups in total. The van der Waals surface area contributed by atoms with E-state index >= 15 is 0 Å². The fraction of sp³-hybridized carbons (Fsp3) is 0.946. The lowest BCUT2D eigenvalue weighted by Crippen LogP contribution is -2.46. The van der Waals surface area contributed by atoms with Gasteiger partial charge in [0, 0.05) is 6.42 Å². The Labute approximate surface area is 405 Å². The summed E-state index contributed by atoms with van der Waals surface area (Å²) in [5.41, 5.74) is 0. The SMILES string of the molecule is CCCCCCCCCC/C=C\CCCCCCCCCCCCCC(=O)NC(COP(=O)(O)OCC[N+](C)(C)C)C(O)CCCCCCCCCCCCCCCCCCCCCC. The Hall–Kier alpha value is -0.760. The minimum Gasteiger partial charge on any atom is -0.391 e. The first-order chi connectivity index (χ1) is 31.5. The van der Waals surface area contributed by atoms with Gasteiger partial charge in [0.2, 0.25) is 5.91 Å². The summed E-state index contributed by atoms with van der Waals surface area (Å²) in [5.74, 6) is -0.140. The minimum atomic E-state index is -4.32. The van der Waals surface area contributed by atoms with Crippen LogP contribution in [0.1, 0.15) is 290 Å². The lowest BCUT2D eigenvalue weighted by atomic mass is 10.0. The van der Waals surface area contributed by atoms with Crippen LogP contribution in [0.5, 0.6) is 0 Å². The summed E-state index contributed by atoms with van der Waals surface area (Å²) in [7, 11) is 1.63. The van der Waals surface area contributed by atoms with Crippen LogP contribution in [0.25, 0.3) is 0 Å². The summed E-state index contributed by atoms with van der Waals surface area (Å²) >= 11 is 0. The molecule has 9 heteroatoms. The van der Waals surface area contributed by atoms with Gasteiger partial charge in [-0.25, -0.2) is 4.57 Å². The number of allylic oxidation sites excluding steroid dienone is 2. The molecule has 0 saturated heterocycles. The van der Waals surface area contributed by atoms with E-state index in [1.807, 2.05) is 21.1 Å². The molecule has 0 aliphatic rings. The van der Waals surface area contributed by atoms with Crippen LogP contribution in [0.4, 0.5) is 0 Å². The van der Waals surface area contributed by atoms with E-state index in [4.69, 9.17) is 9.05 Å². The third kappa shape index (κ3) is 50.9. The van der Waals surface area contributed by atoms with E-state index in [9.17, 15) is 19.4 Å². The van der Waals surface area contributed by atoms with Crippen molar-refractivity contribution in [3.63, 3.8) is 0 Å². The summed E-state index contributed by atoms with van der Waals surface area (Å²) in [4.78, 5) is 23.3. The average molecular weight is 943 g/mol. The predicted molar refractivity (Wildman–Crippen MR) is 282 cm³/mol. The van der Waals surface area contributed by atoms with Crippen molar-refractivity contribution < 1.29 is 32.9 Å². The van der Waals surface area contributed by atoms with E-state index in [1.165, 1.54) is 225 Å². The van der Waals surface area contributed by atoms with Gasteiger partial charge in [0.1, 0.15) is 13.2 Å². The van der Waals surface area contributed by atoms with E-state index in [1.54, 1.807) is 0 Å². The average Bonchev–Trinajstić information content (AvgIpc) is 3.26. The predicted octanol–water partition coefficient (Wildman–Crippen LogP) is 17.0. The van der Waals surface area contributed by atoms with Gasteiger partial charge in [-0.15, -0.1) is 0 Å². The van der Waals surface area contributed by atoms with Crippen LogP contribution in [-0.2, 0) is 18.4 Å². The number of aliphatic hydroxyl groups is 1. The van der Waals surface area contributed by atoms with Crippen molar-refractivity contribution in [2.24, 2.45) is 0 Å². The molecule has 0 aliphatic heterocycles. The molecule has 8 nitrogen and oxygen atoms in total. The summed E-state index contributed by atoms with van der Waals surface area (Å²) in [6.45, 7) is 4.93. The number of hydrogen-bond acceptors (Lipinski definition) is 5. The number of unbranched alkanes of at least 4 members (excludes halogenated alkanes) is 38. The first-order valence-electron chi connectivity index (χ1n) is 28.6. The highest BCUT2D eigenvalue weighted by Gasteiger charge is 2.28. The van der Waals surface area contributed by atoms with E-state index < -0.39 is 20.0 Å². The zero-order chi connectivity index (χ0) is 47.8. The van der Waals surface area contributed by atoms with Crippen LogP contribution >= 0.6 is 7.82 Å². The zero-order valence-corrected chi connectivity index (χ0v) is 45.2. The molecule has 1 amide bonds. The monoisotopic (exact) mass is 942 g/mol. The largest absolute Gasteiger partial charge is 0.472 e. The number of amides is 1. The number of nitrogens with one attached hydrogen (secondary N) is 1. The highest BCUT2D eigenvalue weighted by Crippen LogP contribution is 2.43. The van der Waals surface area contributed by atoms with Crippen LogP contribution in [0, 0.1) is 0 Å². The maximum absolute atomic E-state index is 13.0. The second-order valence-electron chi connectivity index (χ2n) is 21.0. The van der Waals surface area contributed by atoms with Gasteiger partial charge < -0.3 is 19.8 Å². The second kappa shape index (κ2) is 48.3. The number of rotatable bonds is 53. The Morgan fingerprint density at radius 2 is 0.831 bits per heavy atom. The topological polar surface area (TPSA) is 105 Å². The highest BCUT2D eigenvalue weighted by atomic mass is 31.2. The van der Waals surface area contributed by atoms with Gasteiger partial charge in [0.05, 0.1) is 39.9 Å². The summed E-state index contributed by atoms with van der Waals surface area (Å²) in [6.07, 6.45) is 58.3. The standard InChI is InChI=1S/C56H113N2O6P/c1-6-8-10-12-14-16-18-20-22-24-26-28-29-30-32-34-36-38-40-42-44-46-48-50-56(60)57-54(53-64-65(61,62)63-52-51-58(3,4)5)55(59)49-47-45-43-41-39-37-35-33-31-27-25-23-21-19-17-15-13-11-9-7-2/h24,26,54-55,59H,6-23,25,27-53H2,1-5H3,(H-,57,60,61,62)/p+1/b26-24-. The number of aliphatic hydroxyl groups excluding tert-OH is 1. The third-order valence-corrected chi connectivity index (χ3v) is 14.2. The molecule has 0 rings (SSSR count). The number of quaternary nitrogens is 1. The number of carbonyl (C=O) groups is 1. The van der Waals surface area contributed by atoms with Crippen LogP contribution in [-0.4, -0.2) is 73.4 Å². The Morgan fingerprint density at radius 1 is 0.508 bits per heavy atom. The van der Waals surface area contributed by atoms with E-state index in [0.717, 1.165) is 38.5 Å². The van der Waals surface area contributed by atoms with Crippen molar-refractivity contribution in [3.05, 3.63) is 12.2 Å². The fourth-order valence-electron chi connectivity index (χ4n) is 8.75. The molecule has 0 radical (unpaired) electrons. The number of phosphoric acid groups is 1. The summed E-state index contributed by atoms with van der Waals surface area (Å²) < 4.78 is 23.8. The molecule has 0 aromatic carbocycles. The quantitative estimate of drug-likeness (QED) is 0.0243. The third-order valence-electron chi connectivity index (χ3n) is 13.3. The maximum Gasteiger partial charge on any atom is 0.472 e. The molecule has 3 atom stereocenters. The number of hydrogen-bond donors (Lipinski definition) is 3. The Kier molecular flexibility index (Phi) is 47.7. The molecule has 0 bridgehead atoms. The van der Waals surface area contributed by atoms with Gasteiger partial charge >= 0.3 is 7.82 Å². The van der Waals surface area contributed by atoms with E-state index in [-0.39, 0.29) is 19.1 Å². The van der Waals surface area contributed by atoms with Crippen molar-refractivity contribution in [2.75, 3.05) is 40.9 Å². The number of nitrogens with zero attached hydrogens (tertiary/aromatic N) is 1. The molecule has 0 saturated carbocycles. The summed E-state index contributed by atoms with van der Waals surface area (Å²) in [5, 5.41) is 14.1. The van der Waals surface area contributed by atoms with Crippen LogP contribution in [0.3, 0.4) is 0 Å². The molecule has 0 fully saturated rings. The first-order valence-corrected chi connectivity index (χ1v) is 30.0. The van der Waals surface area contributed by atoms with E-state index in [2.05, 4.69) is 31.3 Å². The van der Waals surface area contributed by atoms with Crippen molar-refractivity contribution in [3.8, 4) is 0 Å². The van der Waals surface area contributed by atoms with Gasteiger partial charge in [0.15, 0.2) is 0 Å². The molecular weight excluding hydrogens is 828 g/mol. The van der Waals surface area contributed by atoms with Gasteiger partial charge in [-0.3, -0.25) is 13.8 Å². The van der Waals surface area contributed by atoms with E-state index in [0.29, 0.717) is 23.9 Å². The normalized spacial score (nSPS) is 14.0. The number of likely N-dealkylation sites (N-methyl/N-ethyl adjacent to an activating group) is 1. The van der Waals surface area contributed by atoms with Crippen LogP contribution in [0.2, 0.25) is 0 Å². The smallest absolute Gasteiger partial charge is 0.391 e. The zero-order valence-electron chi connectivity index (χ0n) is 44.3. The lowest BCUT2D eigenvalue weighted by molar-refractivity contribution is -0.870. The highest BCUT2D eigenvalue weighted by molar-refractivity contribution is 7.47. The first kappa shape index (κ1) is 64.2. The molecular formula is C56H114N2O6P+. The van der Waals surface area contributed by atoms with Gasteiger partial charge in [-0.2, -0.15) is 0 Å². The molecule has 0 spiro atoms. The van der Waals surface area contributed by atoms with Gasteiger partial charge in [-0.05, 0) is 38.5 Å². The molecule has 3 unspecified atom stereocenters. The molecule has 65 heavy (non-hydrogen) atoms. The minimum absolute atomic E-state index is 0.0772. The Balaban J connectivity index is 4.16. The lowest BCUT2D eigenvalue weighted by Gasteiger charge is -2.26. The molecule has 0 aromatic rings. The van der Waals surface area contributed by atoms with Crippen molar-refractivity contribution >= 4 is 13.7 Å². The van der Waals surface area contributed by atoms with Crippen molar-refractivity contribution in [1.29, 1.82) is 0 Å². The van der Waals surface area contributed by atoms with Gasteiger partial charge in [-0.1, -0.05) is 257 Å². The maximum atomic E-state index is 13.0. The number of carbonyl (C=O) groups excluding carboxylic acids is 1. The second-order valence-corrected chi connectivity index (χ2v) is 22.5. The summed E-state index contributed by atoms with van der Waals surface area (Å²) in [6, 6.07) is -0.758. The Bertz CT molecular complexity index is 1070. The molecule has 0 aliphatic carbocycles. The van der Waals surface area contributed by atoms with Crippen molar-refractivity contribution in [2.45, 2.75) is 302 Å². The number of phosphoric ester groups is 1. The van der Waals surface area contributed by atoms with Crippen LogP contribution in [0.15, 0.2) is 12.2 Å².